The fourth-order valence-corrected chi connectivity index (χ4v) is 3.84. The Morgan fingerprint density at radius 3 is 2.43 bits per heavy atom. The van der Waals surface area contributed by atoms with Crippen molar-refractivity contribution in [2.24, 2.45) is 5.92 Å². The summed E-state index contributed by atoms with van der Waals surface area (Å²) in [5, 5.41) is 1.30. The number of carbonyl (C=O) groups excluding carboxylic acids is 1. The van der Waals surface area contributed by atoms with Crippen molar-refractivity contribution in [2.75, 3.05) is 6.54 Å². The molecule has 1 rings (SSSR count). The van der Waals surface area contributed by atoms with E-state index in [1.54, 1.807) is 0 Å². The van der Waals surface area contributed by atoms with Crippen molar-refractivity contribution < 1.29 is 17.6 Å². The van der Waals surface area contributed by atoms with E-state index in [4.69, 9.17) is 33.9 Å². The highest BCUT2D eigenvalue weighted by Gasteiger charge is 2.27. The third-order valence-corrected chi connectivity index (χ3v) is 5.26. The molecule has 1 N–H and O–H groups in total. The fraction of sp³-hybridized carbons (Fsp3) is 0.417. The molecule has 0 aliphatic carbocycles. The van der Waals surface area contributed by atoms with E-state index in [1.807, 2.05) is 13.8 Å². The van der Waals surface area contributed by atoms with Gasteiger partial charge in [0.1, 0.15) is 10.7 Å². The number of rotatable bonds is 5. The first-order chi connectivity index (χ1) is 9.59. The molecule has 0 bridgehead atoms. The Morgan fingerprint density at radius 1 is 1.38 bits per heavy atom. The molecule has 0 radical (unpaired) electrons. The number of hydrogen-bond acceptors (Lipinski definition) is 3. The molecule has 1 atom stereocenters. The van der Waals surface area contributed by atoms with Crippen LogP contribution in [0.4, 0.5) is 4.39 Å². The molecular weight excluding hydrogens is 364 g/mol. The van der Waals surface area contributed by atoms with Gasteiger partial charge >= 0.3 is 0 Å². The summed E-state index contributed by atoms with van der Waals surface area (Å²) in [4.78, 5) is 11.2. The predicted octanol–water partition coefficient (Wildman–Crippen LogP) is 3.84. The summed E-state index contributed by atoms with van der Waals surface area (Å²) in [6, 6.07) is 0.780. The van der Waals surface area contributed by atoms with Gasteiger partial charge in [-0.25, -0.2) is 12.8 Å². The second-order valence-electron chi connectivity index (χ2n) is 4.52. The molecule has 0 aliphatic heterocycles. The van der Waals surface area contributed by atoms with E-state index in [0.717, 1.165) is 12.5 Å². The Kier molecular flexibility index (Phi) is 6.28. The minimum absolute atomic E-state index is 0.209. The van der Waals surface area contributed by atoms with Crippen LogP contribution in [0.2, 0.25) is 10.0 Å². The van der Waals surface area contributed by atoms with Gasteiger partial charge in [-0.3, -0.25) is 4.79 Å². The van der Waals surface area contributed by atoms with Crippen LogP contribution in [-0.2, 0) is 9.05 Å². The summed E-state index contributed by atoms with van der Waals surface area (Å²) in [6.45, 7) is 4.21. The lowest BCUT2D eigenvalue weighted by Gasteiger charge is -2.13. The van der Waals surface area contributed by atoms with E-state index < -0.39 is 35.7 Å². The Labute approximate surface area is 137 Å². The summed E-state index contributed by atoms with van der Waals surface area (Å²) in [7, 11) is 0.782. The molecule has 1 amide bonds. The number of halogens is 4. The van der Waals surface area contributed by atoms with Crippen molar-refractivity contribution in [3.8, 4) is 0 Å². The first-order valence-corrected chi connectivity index (χ1v) is 9.06. The molecule has 0 saturated heterocycles. The van der Waals surface area contributed by atoms with E-state index >= 15 is 0 Å². The predicted molar refractivity (Wildman–Crippen MR) is 81.2 cm³/mol. The molecule has 0 saturated carbocycles. The van der Waals surface area contributed by atoms with E-state index in [-0.39, 0.29) is 11.5 Å². The molecule has 0 heterocycles. The maximum Gasteiger partial charge on any atom is 0.264 e. The van der Waals surface area contributed by atoms with Crippen LogP contribution in [0.25, 0.3) is 0 Å². The van der Waals surface area contributed by atoms with Crippen LogP contribution >= 0.6 is 33.9 Å². The average Bonchev–Trinajstić information content (AvgIpc) is 2.38. The number of amides is 1. The largest absolute Gasteiger partial charge is 0.352 e. The molecule has 9 heteroatoms. The average molecular weight is 377 g/mol. The summed E-state index contributed by atoms with van der Waals surface area (Å²) in [5.41, 5.74) is -0.332. The summed E-state index contributed by atoms with van der Waals surface area (Å²) < 4.78 is 36.5. The van der Waals surface area contributed by atoms with Crippen LogP contribution in [0.5, 0.6) is 0 Å². The molecule has 1 aromatic carbocycles. The summed E-state index contributed by atoms with van der Waals surface area (Å²) >= 11 is 11.4. The molecular formula is C12H13Cl3FNO3S. The molecule has 0 fully saturated rings. The zero-order valence-corrected chi connectivity index (χ0v) is 14.3. The highest BCUT2D eigenvalue weighted by atomic mass is 35.7. The summed E-state index contributed by atoms with van der Waals surface area (Å²) in [5.74, 6) is -1.58. The molecule has 1 aromatic rings. The van der Waals surface area contributed by atoms with Gasteiger partial charge in [0.25, 0.3) is 15.0 Å². The van der Waals surface area contributed by atoms with Crippen molar-refractivity contribution in [2.45, 2.75) is 25.2 Å². The first-order valence-electron chi connectivity index (χ1n) is 5.99. The second-order valence-corrected chi connectivity index (χ2v) is 7.78. The minimum atomic E-state index is -4.39. The maximum atomic E-state index is 13.7. The highest BCUT2D eigenvalue weighted by molar-refractivity contribution is 8.14. The number of benzene rings is 1. The zero-order chi connectivity index (χ0) is 16.4. The SMILES string of the molecule is CCC(C)CNC(=O)c1cc(F)c(Cl)c(S(=O)(=O)Cl)c1Cl. The van der Waals surface area contributed by atoms with Crippen LogP contribution in [0, 0.1) is 11.7 Å². The van der Waals surface area contributed by atoms with Crippen LogP contribution in [0.3, 0.4) is 0 Å². The lowest BCUT2D eigenvalue weighted by atomic mass is 10.1. The van der Waals surface area contributed by atoms with Gasteiger partial charge in [-0.05, 0) is 12.0 Å². The zero-order valence-electron chi connectivity index (χ0n) is 11.2. The van der Waals surface area contributed by atoms with Gasteiger partial charge < -0.3 is 5.32 Å². The molecule has 4 nitrogen and oxygen atoms in total. The quantitative estimate of drug-likeness (QED) is 0.627. The van der Waals surface area contributed by atoms with Gasteiger partial charge in [0.15, 0.2) is 0 Å². The van der Waals surface area contributed by atoms with Crippen molar-refractivity contribution in [1.82, 2.24) is 5.32 Å². The Balaban J connectivity index is 3.27. The minimum Gasteiger partial charge on any atom is -0.352 e. The van der Waals surface area contributed by atoms with Crippen molar-refractivity contribution in [3.63, 3.8) is 0 Å². The van der Waals surface area contributed by atoms with E-state index in [9.17, 15) is 17.6 Å². The standard InChI is InChI=1S/C12H13Cl3FNO3S/c1-3-6(2)5-17-12(18)7-4-8(16)10(14)11(9(7)13)21(15,19)20/h4,6H,3,5H2,1-2H3,(H,17,18). The number of hydrogen-bond donors (Lipinski definition) is 1. The molecule has 118 valence electrons. The van der Waals surface area contributed by atoms with Gasteiger partial charge in [0.2, 0.25) is 0 Å². The van der Waals surface area contributed by atoms with Crippen molar-refractivity contribution in [1.29, 1.82) is 0 Å². The Hall–Kier alpha value is -0.560. The van der Waals surface area contributed by atoms with E-state index in [2.05, 4.69) is 5.32 Å². The lowest BCUT2D eigenvalue weighted by molar-refractivity contribution is 0.0947. The Morgan fingerprint density at radius 2 is 1.95 bits per heavy atom. The monoisotopic (exact) mass is 375 g/mol. The first kappa shape index (κ1) is 18.5. The molecule has 0 aliphatic rings. The second kappa shape index (κ2) is 7.13. The van der Waals surface area contributed by atoms with Gasteiger partial charge in [-0.1, -0.05) is 43.5 Å². The third-order valence-electron chi connectivity index (χ3n) is 2.91. The van der Waals surface area contributed by atoms with Crippen LogP contribution in [0.15, 0.2) is 11.0 Å². The van der Waals surface area contributed by atoms with Crippen molar-refractivity contribution >= 4 is 48.8 Å². The molecule has 1 unspecified atom stereocenters. The van der Waals surface area contributed by atoms with Crippen LogP contribution in [0.1, 0.15) is 30.6 Å². The van der Waals surface area contributed by atoms with E-state index in [1.165, 1.54) is 0 Å². The Bertz CT molecular complexity index is 664. The van der Waals surface area contributed by atoms with Gasteiger partial charge in [-0.2, -0.15) is 0 Å². The molecule has 21 heavy (non-hydrogen) atoms. The lowest BCUT2D eigenvalue weighted by Crippen LogP contribution is -2.28. The molecule has 0 aromatic heterocycles. The van der Waals surface area contributed by atoms with Crippen LogP contribution in [-0.4, -0.2) is 20.9 Å². The van der Waals surface area contributed by atoms with Gasteiger partial charge in [0, 0.05) is 17.2 Å². The number of nitrogens with one attached hydrogen (secondary N) is 1. The van der Waals surface area contributed by atoms with Gasteiger partial charge in [0.05, 0.1) is 15.6 Å². The summed E-state index contributed by atoms with van der Waals surface area (Å²) in [6.07, 6.45) is 0.838. The highest BCUT2D eigenvalue weighted by Crippen LogP contribution is 2.36. The topological polar surface area (TPSA) is 63.2 Å². The normalized spacial score (nSPS) is 13.0. The van der Waals surface area contributed by atoms with E-state index in [0.29, 0.717) is 6.54 Å². The molecule has 0 spiro atoms. The smallest absolute Gasteiger partial charge is 0.264 e. The number of carbonyl (C=O) groups is 1. The maximum absolute atomic E-state index is 13.7. The van der Waals surface area contributed by atoms with Crippen LogP contribution < -0.4 is 5.32 Å². The third kappa shape index (κ3) is 4.45. The van der Waals surface area contributed by atoms with Gasteiger partial charge in [-0.15, -0.1) is 0 Å². The fourth-order valence-electron chi connectivity index (χ4n) is 1.47. The van der Waals surface area contributed by atoms with Crippen molar-refractivity contribution in [3.05, 3.63) is 27.5 Å².